The molecule has 0 saturated carbocycles. The highest BCUT2D eigenvalue weighted by atomic mass is 19.4. The second-order valence-corrected chi connectivity index (χ2v) is 2.30. The van der Waals surface area contributed by atoms with Gasteiger partial charge in [0.1, 0.15) is 6.33 Å². The van der Waals surface area contributed by atoms with Crippen molar-refractivity contribution >= 4 is 0 Å². The van der Waals surface area contributed by atoms with Gasteiger partial charge in [-0.15, -0.1) is 0 Å². The van der Waals surface area contributed by atoms with Crippen LogP contribution in [0.2, 0.25) is 0 Å². The normalized spacial score (nSPS) is 11.1. The Bertz CT molecular complexity index is 303. The minimum absolute atomic E-state index is 0.150. The van der Waals surface area contributed by atoms with E-state index in [0.717, 1.165) is 6.33 Å². The number of aromatic nitrogens is 2. The first-order valence-corrected chi connectivity index (χ1v) is 3.57. The molecule has 0 aliphatic heterocycles. The van der Waals surface area contributed by atoms with Gasteiger partial charge < -0.3 is 9.47 Å². The van der Waals surface area contributed by atoms with Crippen molar-refractivity contribution in [2.24, 2.45) is 0 Å². The number of hydrogen-bond acceptors (Lipinski definition) is 4. The smallest absolute Gasteiger partial charge is 0.422 e. The maximum atomic E-state index is 11.7. The predicted octanol–water partition coefficient (Wildman–Crippen LogP) is 1.43. The molecule has 0 bridgehead atoms. The van der Waals surface area contributed by atoms with Gasteiger partial charge in [-0.2, -0.15) is 13.2 Å². The number of rotatable bonds is 3. The lowest BCUT2D eigenvalue weighted by atomic mass is 10.6. The highest BCUT2D eigenvalue weighted by Gasteiger charge is 2.28. The van der Waals surface area contributed by atoms with Crippen molar-refractivity contribution in [1.82, 2.24) is 9.97 Å². The number of nitrogens with zero attached hydrogens (tertiary/aromatic N) is 2. The monoisotopic (exact) mass is 208 g/mol. The molecule has 0 saturated heterocycles. The molecule has 0 spiro atoms. The van der Waals surface area contributed by atoms with Gasteiger partial charge in [0, 0.05) is 0 Å². The van der Waals surface area contributed by atoms with Crippen LogP contribution in [0.15, 0.2) is 12.4 Å². The molecule has 1 rings (SSSR count). The van der Waals surface area contributed by atoms with Crippen LogP contribution in [-0.4, -0.2) is 29.9 Å². The van der Waals surface area contributed by atoms with E-state index < -0.39 is 12.8 Å². The standard InChI is InChI=1S/C7H7F3N2O2/c1-13-5-2-6(12-4-11-5)14-3-7(8,9)10/h2,4H,3H2,1H3. The third kappa shape index (κ3) is 3.46. The van der Waals surface area contributed by atoms with E-state index in [1.165, 1.54) is 13.2 Å². The second-order valence-electron chi connectivity index (χ2n) is 2.30. The Labute approximate surface area is 77.7 Å². The Morgan fingerprint density at radius 2 is 1.93 bits per heavy atom. The first kappa shape index (κ1) is 10.6. The van der Waals surface area contributed by atoms with Crippen molar-refractivity contribution in [1.29, 1.82) is 0 Å². The number of methoxy groups -OCH3 is 1. The van der Waals surface area contributed by atoms with Crippen molar-refractivity contribution in [3.05, 3.63) is 12.4 Å². The molecule has 0 aromatic carbocycles. The van der Waals surface area contributed by atoms with Crippen molar-refractivity contribution < 1.29 is 22.6 Å². The summed E-state index contributed by atoms with van der Waals surface area (Å²) in [7, 11) is 1.34. The Morgan fingerprint density at radius 1 is 1.29 bits per heavy atom. The summed E-state index contributed by atoms with van der Waals surface area (Å²) in [4.78, 5) is 7.08. The average Bonchev–Trinajstić information content (AvgIpc) is 2.14. The van der Waals surface area contributed by atoms with Gasteiger partial charge in [-0.1, -0.05) is 0 Å². The van der Waals surface area contributed by atoms with Crippen LogP contribution in [0.25, 0.3) is 0 Å². The summed E-state index contributed by atoms with van der Waals surface area (Å²) in [6, 6.07) is 1.17. The minimum atomic E-state index is -4.38. The van der Waals surface area contributed by atoms with Crippen LogP contribution < -0.4 is 9.47 Å². The van der Waals surface area contributed by atoms with Gasteiger partial charge in [-0.3, -0.25) is 0 Å². The molecule has 7 heteroatoms. The van der Waals surface area contributed by atoms with E-state index in [1.54, 1.807) is 0 Å². The van der Waals surface area contributed by atoms with Crippen LogP contribution in [0, 0.1) is 0 Å². The number of alkyl halides is 3. The molecule has 0 N–H and O–H groups in total. The molecule has 0 amide bonds. The van der Waals surface area contributed by atoms with E-state index in [1.807, 2.05) is 0 Å². The second kappa shape index (κ2) is 4.12. The largest absolute Gasteiger partial charge is 0.481 e. The van der Waals surface area contributed by atoms with E-state index in [4.69, 9.17) is 0 Å². The molecular weight excluding hydrogens is 201 g/mol. The highest BCUT2D eigenvalue weighted by Crippen LogP contribution is 2.18. The number of ether oxygens (including phenoxy) is 2. The molecule has 0 radical (unpaired) electrons. The summed E-state index contributed by atoms with van der Waals surface area (Å²) in [6.07, 6.45) is -3.32. The summed E-state index contributed by atoms with van der Waals surface area (Å²) < 4.78 is 44.2. The fraction of sp³-hybridized carbons (Fsp3) is 0.429. The Kier molecular flexibility index (Phi) is 3.10. The lowest BCUT2D eigenvalue weighted by molar-refractivity contribution is -0.154. The van der Waals surface area contributed by atoms with Gasteiger partial charge in [0.15, 0.2) is 6.61 Å². The average molecular weight is 208 g/mol. The zero-order chi connectivity index (χ0) is 10.6. The maximum Gasteiger partial charge on any atom is 0.422 e. The zero-order valence-corrected chi connectivity index (χ0v) is 7.21. The van der Waals surface area contributed by atoms with Gasteiger partial charge in [0.25, 0.3) is 0 Å². The summed E-state index contributed by atoms with van der Waals surface area (Å²) in [5, 5.41) is 0. The quantitative estimate of drug-likeness (QED) is 0.753. The van der Waals surface area contributed by atoms with E-state index in [0.29, 0.717) is 0 Å². The summed E-state index contributed by atoms with van der Waals surface area (Å²) in [6.45, 7) is -1.38. The minimum Gasteiger partial charge on any atom is -0.481 e. The summed E-state index contributed by atoms with van der Waals surface area (Å²) in [5.74, 6) is -0.0219. The molecular formula is C7H7F3N2O2. The molecule has 1 heterocycles. The van der Waals surface area contributed by atoms with Gasteiger partial charge in [0.05, 0.1) is 13.2 Å². The SMILES string of the molecule is COc1cc(OCC(F)(F)F)ncn1. The van der Waals surface area contributed by atoms with Crippen LogP contribution in [0.1, 0.15) is 0 Å². The van der Waals surface area contributed by atoms with Crippen molar-refractivity contribution in [2.75, 3.05) is 13.7 Å². The van der Waals surface area contributed by atoms with Crippen LogP contribution in [0.5, 0.6) is 11.8 Å². The number of hydrogen-bond donors (Lipinski definition) is 0. The fourth-order valence-electron chi connectivity index (χ4n) is 0.669. The van der Waals surface area contributed by atoms with Crippen molar-refractivity contribution in [3.63, 3.8) is 0 Å². The van der Waals surface area contributed by atoms with Crippen molar-refractivity contribution in [3.8, 4) is 11.8 Å². The van der Waals surface area contributed by atoms with E-state index in [2.05, 4.69) is 19.4 Å². The van der Waals surface area contributed by atoms with Crippen LogP contribution in [-0.2, 0) is 0 Å². The van der Waals surface area contributed by atoms with Gasteiger partial charge in [0.2, 0.25) is 11.8 Å². The van der Waals surface area contributed by atoms with Crippen molar-refractivity contribution in [2.45, 2.75) is 6.18 Å². The predicted molar refractivity (Wildman–Crippen MR) is 40.1 cm³/mol. The van der Waals surface area contributed by atoms with Crippen LogP contribution in [0.4, 0.5) is 13.2 Å². The van der Waals surface area contributed by atoms with Crippen LogP contribution >= 0.6 is 0 Å². The zero-order valence-electron chi connectivity index (χ0n) is 7.21. The lowest BCUT2D eigenvalue weighted by Gasteiger charge is -2.08. The van der Waals surface area contributed by atoms with E-state index >= 15 is 0 Å². The Morgan fingerprint density at radius 3 is 2.50 bits per heavy atom. The lowest BCUT2D eigenvalue weighted by Crippen LogP contribution is -2.19. The molecule has 0 atom stereocenters. The fourth-order valence-corrected chi connectivity index (χ4v) is 0.669. The Balaban J connectivity index is 2.59. The topological polar surface area (TPSA) is 44.2 Å². The molecule has 1 aromatic rings. The molecule has 0 aliphatic carbocycles. The van der Waals surface area contributed by atoms with E-state index in [-0.39, 0.29) is 11.8 Å². The maximum absolute atomic E-state index is 11.7. The van der Waals surface area contributed by atoms with E-state index in [9.17, 15) is 13.2 Å². The molecule has 0 fully saturated rings. The molecule has 0 aliphatic rings. The van der Waals surface area contributed by atoms with Gasteiger partial charge in [-0.25, -0.2) is 9.97 Å². The van der Waals surface area contributed by atoms with Crippen LogP contribution in [0.3, 0.4) is 0 Å². The number of halogens is 3. The first-order chi connectivity index (χ1) is 6.51. The van der Waals surface area contributed by atoms with Gasteiger partial charge >= 0.3 is 6.18 Å². The molecule has 14 heavy (non-hydrogen) atoms. The Hall–Kier alpha value is -1.53. The third-order valence-electron chi connectivity index (χ3n) is 1.21. The highest BCUT2D eigenvalue weighted by molar-refractivity contribution is 5.17. The molecule has 1 aromatic heterocycles. The summed E-state index contributed by atoms with van der Waals surface area (Å²) in [5.41, 5.74) is 0. The summed E-state index contributed by atoms with van der Waals surface area (Å²) >= 11 is 0. The van der Waals surface area contributed by atoms with Gasteiger partial charge in [-0.05, 0) is 0 Å². The molecule has 78 valence electrons. The third-order valence-corrected chi connectivity index (χ3v) is 1.21. The molecule has 0 unspecified atom stereocenters. The first-order valence-electron chi connectivity index (χ1n) is 3.57. The molecule has 4 nitrogen and oxygen atoms in total.